The fourth-order valence-corrected chi connectivity index (χ4v) is 2.16. The topological polar surface area (TPSA) is 51.5 Å². The number of ether oxygens (including phenoxy) is 1. The molecule has 0 fully saturated rings. The highest BCUT2D eigenvalue weighted by Gasteiger charge is 2.13. The molecule has 1 amide bonds. The average Bonchev–Trinajstić information content (AvgIpc) is 2.85. The van der Waals surface area contributed by atoms with Gasteiger partial charge in [0.1, 0.15) is 18.1 Å². The number of furan rings is 1. The van der Waals surface area contributed by atoms with Crippen molar-refractivity contribution in [3.8, 4) is 5.75 Å². The van der Waals surface area contributed by atoms with Crippen molar-refractivity contribution in [1.29, 1.82) is 0 Å². The third kappa shape index (κ3) is 4.26. The van der Waals surface area contributed by atoms with Crippen molar-refractivity contribution < 1.29 is 13.9 Å². The van der Waals surface area contributed by atoms with Crippen LogP contribution in [-0.4, -0.2) is 19.1 Å². The van der Waals surface area contributed by atoms with Gasteiger partial charge in [0.2, 0.25) is 0 Å². The van der Waals surface area contributed by atoms with Crippen molar-refractivity contribution >= 4 is 17.5 Å². The normalized spacial score (nSPS) is 10.4. The van der Waals surface area contributed by atoms with Gasteiger partial charge in [-0.1, -0.05) is 12.1 Å². The van der Waals surface area contributed by atoms with Crippen LogP contribution in [0.5, 0.6) is 5.75 Å². The lowest BCUT2D eigenvalue weighted by Crippen LogP contribution is -2.27. The third-order valence-corrected chi connectivity index (χ3v) is 3.32. The molecule has 1 aromatic carbocycles. The van der Waals surface area contributed by atoms with Crippen LogP contribution in [0.25, 0.3) is 0 Å². The van der Waals surface area contributed by atoms with Crippen LogP contribution in [0.1, 0.15) is 27.4 Å². The Kier molecular flexibility index (Phi) is 5.28. The minimum atomic E-state index is -0.262. The maximum Gasteiger partial charge on any atom is 0.287 e. The molecule has 0 aliphatic carbocycles. The molecule has 0 unspecified atom stereocenters. The van der Waals surface area contributed by atoms with E-state index >= 15 is 0 Å². The van der Waals surface area contributed by atoms with Crippen LogP contribution in [0, 0.1) is 13.8 Å². The van der Waals surface area contributed by atoms with E-state index in [4.69, 9.17) is 20.8 Å². The van der Waals surface area contributed by atoms with Gasteiger partial charge in [-0.25, -0.2) is 0 Å². The number of hydrogen-bond donors (Lipinski definition) is 1. The summed E-state index contributed by atoms with van der Waals surface area (Å²) in [7, 11) is 0. The van der Waals surface area contributed by atoms with Crippen molar-refractivity contribution in [1.82, 2.24) is 5.32 Å². The van der Waals surface area contributed by atoms with Gasteiger partial charge in [-0.2, -0.15) is 0 Å². The zero-order chi connectivity index (χ0) is 15.2. The van der Waals surface area contributed by atoms with E-state index in [1.807, 2.05) is 31.2 Å². The minimum Gasteiger partial charge on any atom is -0.492 e. The van der Waals surface area contributed by atoms with Crippen LogP contribution < -0.4 is 10.1 Å². The first-order chi connectivity index (χ1) is 10.1. The van der Waals surface area contributed by atoms with E-state index < -0.39 is 0 Å². The molecular weight excluding hydrogens is 290 g/mol. The first kappa shape index (κ1) is 15.4. The average molecular weight is 308 g/mol. The number of benzene rings is 1. The minimum absolute atomic E-state index is 0.262. The molecule has 0 saturated carbocycles. The number of amides is 1. The van der Waals surface area contributed by atoms with Crippen LogP contribution >= 0.6 is 11.6 Å². The summed E-state index contributed by atoms with van der Waals surface area (Å²) in [6.07, 6.45) is 0. The quantitative estimate of drug-likeness (QED) is 0.657. The van der Waals surface area contributed by atoms with E-state index in [-0.39, 0.29) is 11.7 Å². The number of hydrogen-bond acceptors (Lipinski definition) is 3. The van der Waals surface area contributed by atoms with Crippen LogP contribution in [0.15, 0.2) is 34.7 Å². The summed E-state index contributed by atoms with van der Waals surface area (Å²) in [5.41, 5.74) is 1.97. The second-order valence-electron chi connectivity index (χ2n) is 4.75. The molecule has 0 atom stereocenters. The van der Waals surface area contributed by atoms with Crippen LogP contribution in [-0.2, 0) is 5.88 Å². The Bertz CT molecular complexity index is 622. The van der Waals surface area contributed by atoms with Crippen molar-refractivity contribution in [2.45, 2.75) is 19.7 Å². The molecule has 0 aliphatic rings. The van der Waals surface area contributed by atoms with E-state index in [1.165, 1.54) is 0 Å². The number of rotatable bonds is 6. The second-order valence-corrected chi connectivity index (χ2v) is 5.01. The van der Waals surface area contributed by atoms with Crippen LogP contribution in [0.3, 0.4) is 0 Å². The molecule has 2 aromatic rings. The summed E-state index contributed by atoms with van der Waals surface area (Å²) in [4.78, 5) is 11.9. The molecule has 1 heterocycles. The first-order valence-electron chi connectivity index (χ1n) is 6.73. The van der Waals surface area contributed by atoms with Crippen LogP contribution in [0.2, 0.25) is 0 Å². The lowest BCUT2D eigenvalue weighted by Gasteiger charge is -2.07. The van der Waals surface area contributed by atoms with Gasteiger partial charge in [0, 0.05) is 5.56 Å². The van der Waals surface area contributed by atoms with E-state index in [1.54, 1.807) is 13.0 Å². The Hall–Kier alpha value is -1.94. The SMILES string of the molecule is Cc1cccc(OCCNC(=O)c2cc(CCl)c(C)o2)c1. The molecule has 4 nitrogen and oxygen atoms in total. The second kappa shape index (κ2) is 7.18. The van der Waals surface area contributed by atoms with Crippen molar-refractivity contribution in [2.24, 2.45) is 0 Å². The maximum absolute atomic E-state index is 11.9. The van der Waals surface area contributed by atoms with Gasteiger partial charge >= 0.3 is 0 Å². The predicted molar refractivity (Wildman–Crippen MR) is 82.0 cm³/mol. The van der Waals surface area contributed by atoms with Gasteiger partial charge in [0.25, 0.3) is 5.91 Å². The molecule has 5 heteroatoms. The van der Waals surface area contributed by atoms with Gasteiger partial charge < -0.3 is 14.5 Å². The molecule has 0 radical (unpaired) electrons. The molecule has 112 valence electrons. The predicted octanol–water partition coefficient (Wildman–Crippen LogP) is 3.44. The zero-order valence-electron chi connectivity index (χ0n) is 12.1. The Balaban J connectivity index is 1.79. The Labute approximate surface area is 129 Å². The van der Waals surface area contributed by atoms with Gasteiger partial charge in [-0.15, -0.1) is 11.6 Å². The number of carbonyl (C=O) groups excluding carboxylic acids is 1. The van der Waals surface area contributed by atoms with E-state index in [2.05, 4.69) is 5.32 Å². The first-order valence-corrected chi connectivity index (χ1v) is 7.26. The molecule has 0 aliphatic heterocycles. The fraction of sp³-hybridized carbons (Fsp3) is 0.312. The summed E-state index contributed by atoms with van der Waals surface area (Å²) in [6.45, 7) is 4.59. The summed E-state index contributed by atoms with van der Waals surface area (Å²) in [5, 5.41) is 2.75. The summed E-state index contributed by atoms with van der Waals surface area (Å²) in [5.74, 6) is 1.81. The number of aryl methyl sites for hydroxylation is 2. The van der Waals surface area contributed by atoms with Gasteiger partial charge in [0.05, 0.1) is 12.4 Å². The van der Waals surface area contributed by atoms with Crippen molar-refractivity contribution in [3.63, 3.8) is 0 Å². The molecule has 0 spiro atoms. The monoisotopic (exact) mass is 307 g/mol. The van der Waals surface area contributed by atoms with E-state index in [0.717, 1.165) is 16.9 Å². The number of nitrogens with one attached hydrogen (secondary N) is 1. The van der Waals surface area contributed by atoms with Gasteiger partial charge in [-0.05, 0) is 37.6 Å². The van der Waals surface area contributed by atoms with Crippen molar-refractivity contribution in [2.75, 3.05) is 13.2 Å². The lowest BCUT2D eigenvalue weighted by molar-refractivity contribution is 0.0918. The summed E-state index contributed by atoms with van der Waals surface area (Å²) >= 11 is 5.75. The van der Waals surface area contributed by atoms with Gasteiger partial charge in [0.15, 0.2) is 5.76 Å². The fourth-order valence-electron chi connectivity index (χ4n) is 1.89. The number of halogens is 1. The number of carbonyl (C=O) groups is 1. The van der Waals surface area contributed by atoms with E-state index in [9.17, 15) is 4.79 Å². The third-order valence-electron chi connectivity index (χ3n) is 3.03. The molecule has 0 bridgehead atoms. The number of alkyl halides is 1. The summed E-state index contributed by atoms with van der Waals surface area (Å²) in [6, 6.07) is 9.44. The highest BCUT2D eigenvalue weighted by molar-refractivity contribution is 6.17. The maximum atomic E-state index is 11.9. The molecular formula is C16H18ClNO3. The highest BCUT2D eigenvalue weighted by atomic mass is 35.5. The Morgan fingerprint density at radius 2 is 2.14 bits per heavy atom. The van der Waals surface area contributed by atoms with Crippen molar-refractivity contribution in [3.05, 3.63) is 53.0 Å². The Morgan fingerprint density at radius 1 is 1.33 bits per heavy atom. The highest BCUT2D eigenvalue weighted by Crippen LogP contribution is 2.16. The molecule has 0 saturated heterocycles. The smallest absolute Gasteiger partial charge is 0.287 e. The molecule has 21 heavy (non-hydrogen) atoms. The van der Waals surface area contributed by atoms with Gasteiger partial charge in [-0.3, -0.25) is 4.79 Å². The molecule has 2 rings (SSSR count). The lowest BCUT2D eigenvalue weighted by atomic mass is 10.2. The Morgan fingerprint density at radius 3 is 2.81 bits per heavy atom. The molecule has 1 N–H and O–H groups in total. The molecule has 1 aromatic heterocycles. The summed E-state index contributed by atoms with van der Waals surface area (Å²) < 4.78 is 10.9. The van der Waals surface area contributed by atoms with E-state index in [0.29, 0.717) is 24.8 Å². The zero-order valence-corrected chi connectivity index (χ0v) is 12.9. The largest absolute Gasteiger partial charge is 0.492 e. The van der Waals surface area contributed by atoms with Crippen LogP contribution in [0.4, 0.5) is 0 Å². The standard InChI is InChI=1S/C16H18ClNO3/c1-11-4-3-5-14(8-11)20-7-6-18-16(19)15-9-13(10-17)12(2)21-15/h3-5,8-9H,6-7,10H2,1-2H3,(H,18,19).